The van der Waals surface area contributed by atoms with Gasteiger partial charge in [-0.05, 0) is 48.5 Å². The van der Waals surface area contributed by atoms with Crippen LogP contribution in [0.25, 0.3) is 22.2 Å². The Morgan fingerprint density at radius 2 is 1.73 bits per heavy atom. The summed E-state index contributed by atoms with van der Waals surface area (Å²) >= 11 is 0. The third-order valence-electron chi connectivity index (χ3n) is 7.90. The zero-order chi connectivity index (χ0) is 31.0. The molecule has 45 heavy (non-hydrogen) atoms. The molecular formula is C34H38FN7O3. The van der Waals surface area contributed by atoms with E-state index in [9.17, 15) is 0 Å². The smallest absolute Gasteiger partial charge is 0.232 e. The monoisotopic (exact) mass is 611 g/mol. The molecule has 3 aromatic heterocycles. The van der Waals surface area contributed by atoms with Crippen molar-refractivity contribution in [1.29, 1.82) is 0 Å². The van der Waals surface area contributed by atoms with Crippen LogP contribution in [0, 0.1) is 5.82 Å². The van der Waals surface area contributed by atoms with Crippen LogP contribution in [0.4, 0.5) is 16.0 Å². The van der Waals surface area contributed by atoms with Crippen LogP contribution in [0.3, 0.4) is 0 Å². The van der Waals surface area contributed by atoms with Gasteiger partial charge in [0.25, 0.3) is 0 Å². The van der Waals surface area contributed by atoms with Crippen molar-refractivity contribution in [2.45, 2.75) is 20.1 Å². The molecule has 0 atom stereocenters. The minimum atomic E-state index is -0.438. The number of aromatic nitrogens is 4. The average Bonchev–Trinajstić information content (AvgIpc) is 3.49. The predicted molar refractivity (Wildman–Crippen MR) is 172 cm³/mol. The maximum absolute atomic E-state index is 15.5. The van der Waals surface area contributed by atoms with Gasteiger partial charge in [-0.3, -0.25) is 9.88 Å². The summed E-state index contributed by atoms with van der Waals surface area (Å²) in [5, 5.41) is 3.88. The molecule has 1 aliphatic heterocycles. The standard InChI is InChI=1S/C34H38FN7O3/c1-3-41-14-16-42(17-15-41)22-24-7-9-25(10-8-24)38-34-39-32-31(33(40-34)44-19-18-43-2)29(21-37-32)28-12-11-27(20-30(28)35)45-23-26-6-4-5-13-36-26/h4-13,20-21H,3,14-19,22-23H2,1-2H3,(H2,37,38,39,40). The molecule has 5 aromatic rings. The van der Waals surface area contributed by atoms with Gasteiger partial charge in [0.15, 0.2) is 0 Å². The number of rotatable bonds is 13. The largest absolute Gasteiger partial charge is 0.487 e. The van der Waals surface area contributed by atoms with Crippen molar-refractivity contribution in [2.24, 2.45) is 0 Å². The van der Waals surface area contributed by atoms with Gasteiger partial charge in [0, 0.05) is 75.1 Å². The number of anilines is 2. The molecular weight excluding hydrogens is 573 g/mol. The molecule has 2 N–H and O–H groups in total. The van der Waals surface area contributed by atoms with E-state index >= 15 is 4.39 Å². The lowest BCUT2D eigenvalue weighted by molar-refractivity contribution is 0.132. The van der Waals surface area contributed by atoms with Gasteiger partial charge in [0.05, 0.1) is 17.7 Å². The molecule has 0 radical (unpaired) electrons. The number of halogens is 1. The number of benzene rings is 2. The number of methoxy groups -OCH3 is 1. The van der Waals surface area contributed by atoms with E-state index in [1.54, 1.807) is 31.6 Å². The number of hydrogen-bond acceptors (Lipinski definition) is 9. The molecule has 4 heterocycles. The Morgan fingerprint density at radius 1 is 0.911 bits per heavy atom. The quantitative estimate of drug-likeness (QED) is 0.164. The third-order valence-corrected chi connectivity index (χ3v) is 7.90. The summed E-state index contributed by atoms with van der Waals surface area (Å²) in [6.07, 6.45) is 3.41. The number of piperazine rings is 1. The van der Waals surface area contributed by atoms with Crippen LogP contribution in [-0.4, -0.2) is 82.8 Å². The van der Waals surface area contributed by atoms with Crippen molar-refractivity contribution >= 4 is 22.7 Å². The molecule has 234 valence electrons. The molecule has 0 amide bonds. The maximum Gasteiger partial charge on any atom is 0.232 e. The minimum Gasteiger partial charge on any atom is -0.487 e. The first kappa shape index (κ1) is 30.4. The number of nitrogens with one attached hydrogen (secondary N) is 2. The molecule has 1 aliphatic rings. The molecule has 0 unspecified atom stereocenters. The number of nitrogens with zero attached hydrogens (tertiary/aromatic N) is 5. The fourth-order valence-electron chi connectivity index (χ4n) is 5.38. The first-order valence-corrected chi connectivity index (χ1v) is 15.2. The topological polar surface area (TPSA) is 101 Å². The van der Waals surface area contributed by atoms with Gasteiger partial charge in [-0.1, -0.05) is 25.1 Å². The Balaban J connectivity index is 1.19. The molecule has 0 spiro atoms. The number of H-pyrrole nitrogens is 1. The SMILES string of the molecule is CCN1CCN(Cc2ccc(Nc3nc(OCCOC)c4c(-c5ccc(OCc6ccccn6)cc5F)c[nH]c4n3)cc2)CC1. The minimum absolute atomic E-state index is 0.243. The first-order valence-electron chi connectivity index (χ1n) is 15.2. The van der Waals surface area contributed by atoms with Crippen LogP contribution >= 0.6 is 0 Å². The summed E-state index contributed by atoms with van der Waals surface area (Å²) in [4.78, 5) is 21.8. The number of ether oxygens (including phenoxy) is 3. The summed E-state index contributed by atoms with van der Waals surface area (Å²) in [5.41, 5.74) is 4.36. The second kappa shape index (κ2) is 14.5. The van der Waals surface area contributed by atoms with E-state index in [4.69, 9.17) is 19.2 Å². The number of hydrogen-bond donors (Lipinski definition) is 2. The van der Waals surface area contributed by atoms with E-state index in [1.807, 2.05) is 30.3 Å². The fourth-order valence-corrected chi connectivity index (χ4v) is 5.38. The van der Waals surface area contributed by atoms with Crippen LogP contribution in [-0.2, 0) is 17.9 Å². The van der Waals surface area contributed by atoms with E-state index < -0.39 is 5.82 Å². The molecule has 0 bridgehead atoms. The van der Waals surface area contributed by atoms with Crippen LogP contribution in [0.2, 0.25) is 0 Å². The van der Waals surface area contributed by atoms with Crippen molar-refractivity contribution < 1.29 is 18.6 Å². The van der Waals surface area contributed by atoms with Gasteiger partial charge in [-0.2, -0.15) is 9.97 Å². The van der Waals surface area contributed by atoms with Crippen LogP contribution in [0.5, 0.6) is 11.6 Å². The van der Waals surface area contributed by atoms with E-state index in [2.05, 4.69) is 49.1 Å². The predicted octanol–water partition coefficient (Wildman–Crippen LogP) is 5.64. The van der Waals surface area contributed by atoms with Crippen LogP contribution < -0.4 is 14.8 Å². The van der Waals surface area contributed by atoms with Gasteiger partial charge in [0.1, 0.15) is 30.4 Å². The Labute approximate surface area is 262 Å². The maximum atomic E-state index is 15.5. The summed E-state index contributed by atoms with van der Waals surface area (Å²) in [6, 6.07) is 18.7. The first-order chi connectivity index (χ1) is 22.1. The van der Waals surface area contributed by atoms with Crippen LogP contribution in [0.1, 0.15) is 18.2 Å². The number of aromatic amines is 1. The van der Waals surface area contributed by atoms with Gasteiger partial charge >= 0.3 is 0 Å². The molecule has 1 saturated heterocycles. The molecule has 10 nitrogen and oxygen atoms in total. The van der Waals surface area contributed by atoms with Crippen LogP contribution in [0.15, 0.2) is 73.1 Å². The highest BCUT2D eigenvalue weighted by atomic mass is 19.1. The zero-order valence-electron chi connectivity index (χ0n) is 25.6. The Kier molecular flexibility index (Phi) is 9.79. The fraction of sp³-hybridized carbons (Fsp3) is 0.324. The lowest BCUT2D eigenvalue weighted by atomic mass is 10.1. The Morgan fingerprint density at radius 3 is 2.47 bits per heavy atom. The highest BCUT2D eigenvalue weighted by molar-refractivity contribution is 5.98. The zero-order valence-corrected chi connectivity index (χ0v) is 25.6. The highest BCUT2D eigenvalue weighted by Crippen LogP contribution is 2.37. The molecule has 1 fully saturated rings. The van der Waals surface area contributed by atoms with Crippen molar-refractivity contribution in [2.75, 3.05) is 58.4 Å². The summed E-state index contributed by atoms with van der Waals surface area (Å²) in [5.74, 6) is 0.664. The van der Waals surface area contributed by atoms with Gasteiger partial charge in [-0.25, -0.2) is 4.39 Å². The average molecular weight is 612 g/mol. The summed E-state index contributed by atoms with van der Waals surface area (Å²) in [6.45, 7) is 9.54. The lowest BCUT2D eigenvalue weighted by Crippen LogP contribution is -2.45. The van der Waals surface area contributed by atoms with E-state index in [0.29, 0.717) is 46.3 Å². The Bertz CT molecular complexity index is 1690. The molecule has 0 aliphatic carbocycles. The normalized spacial score (nSPS) is 14.1. The van der Waals surface area contributed by atoms with Gasteiger partial charge in [-0.15, -0.1) is 0 Å². The number of fused-ring (bicyclic) bond motifs is 1. The summed E-state index contributed by atoms with van der Waals surface area (Å²) < 4.78 is 32.4. The molecule has 6 rings (SSSR count). The van der Waals surface area contributed by atoms with Gasteiger partial charge < -0.3 is 29.4 Å². The van der Waals surface area contributed by atoms with Crippen molar-refractivity contribution in [3.63, 3.8) is 0 Å². The van der Waals surface area contributed by atoms with E-state index in [-0.39, 0.29) is 13.2 Å². The van der Waals surface area contributed by atoms with Crippen molar-refractivity contribution in [3.05, 3.63) is 90.1 Å². The van der Waals surface area contributed by atoms with E-state index in [0.717, 1.165) is 50.6 Å². The Hall–Kier alpha value is -4.58. The van der Waals surface area contributed by atoms with E-state index in [1.165, 1.54) is 11.6 Å². The highest BCUT2D eigenvalue weighted by Gasteiger charge is 2.20. The van der Waals surface area contributed by atoms with Gasteiger partial charge in [0.2, 0.25) is 11.8 Å². The molecule has 11 heteroatoms. The van der Waals surface area contributed by atoms with Crippen molar-refractivity contribution in [3.8, 4) is 22.8 Å². The second-order valence-corrected chi connectivity index (χ2v) is 10.9. The molecule has 0 saturated carbocycles. The van der Waals surface area contributed by atoms with Crippen molar-refractivity contribution in [1.82, 2.24) is 29.7 Å². The summed E-state index contributed by atoms with van der Waals surface area (Å²) in [7, 11) is 1.61. The molecule has 2 aromatic carbocycles. The third kappa shape index (κ3) is 7.56. The lowest BCUT2D eigenvalue weighted by Gasteiger charge is -2.34. The number of pyridine rings is 1. The number of likely N-dealkylation sites (N-methyl/N-ethyl adjacent to an activating group) is 1. The second-order valence-electron chi connectivity index (χ2n) is 10.9.